The molecule has 1 aliphatic heterocycles. The lowest BCUT2D eigenvalue weighted by molar-refractivity contribution is 0.0646. The number of hydrogen-bond donors (Lipinski definition) is 2. The van der Waals surface area contributed by atoms with Gasteiger partial charge in [0.25, 0.3) is 0 Å². The molecule has 3 aliphatic carbocycles. The first-order chi connectivity index (χ1) is 18.8. The number of hydrogen-bond acceptors (Lipinski definition) is 5. The van der Waals surface area contributed by atoms with Gasteiger partial charge in [-0.05, 0) is 87.7 Å². The number of alkyl halides is 1. The maximum Gasteiger partial charge on any atom is 0.246 e. The van der Waals surface area contributed by atoms with Crippen LogP contribution in [0.1, 0.15) is 103 Å². The molecule has 7 nitrogen and oxygen atoms in total. The second-order valence-corrected chi connectivity index (χ2v) is 15.1. The SMILES string of the molecule is CCCn1cc(S(=O)(=O)N2CCC(CC3CCCCC3)(C3CCC(NC4CCC(F)CC4)C(C=N)C3)C2)cn1. The van der Waals surface area contributed by atoms with E-state index < -0.39 is 16.2 Å². The van der Waals surface area contributed by atoms with Gasteiger partial charge in [0.1, 0.15) is 11.1 Å². The van der Waals surface area contributed by atoms with Crippen molar-refractivity contribution >= 4 is 16.2 Å². The number of nitrogens with one attached hydrogen (secondary N) is 2. The zero-order valence-corrected chi connectivity index (χ0v) is 24.7. The van der Waals surface area contributed by atoms with Gasteiger partial charge < -0.3 is 10.7 Å². The predicted octanol–water partition coefficient (Wildman–Crippen LogP) is 5.95. The lowest BCUT2D eigenvalue weighted by Gasteiger charge is -2.47. The molecule has 1 aromatic heterocycles. The van der Waals surface area contributed by atoms with Crippen LogP contribution < -0.4 is 5.32 Å². The van der Waals surface area contributed by atoms with Gasteiger partial charge in [-0.3, -0.25) is 4.68 Å². The maximum atomic E-state index is 13.7. The van der Waals surface area contributed by atoms with E-state index in [0.717, 1.165) is 57.9 Å². The second-order valence-electron chi connectivity index (χ2n) is 13.2. The Hall–Kier alpha value is -1.32. The number of sulfonamides is 1. The minimum Gasteiger partial charge on any atom is -0.313 e. The molecule has 1 saturated heterocycles. The quantitative estimate of drug-likeness (QED) is 0.344. The number of halogens is 1. The third-order valence-corrected chi connectivity index (χ3v) is 12.4. The van der Waals surface area contributed by atoms with Crippen LogP contribution in [0.2, 0.25) is 0 Å². The molecule has 1 aromatic rings. The number of aromatic nitrogens is 2. The minimum absolute atomic E-state index is 0.0208. The van der Waals surface area contributed by atoms with Crippen LogP contribution in [0.25, 0.3) is 0 Å². The van der Waals surface area contributed by atoms with Crippen molar-refractivity contribution in [3.05, 3.63) is 12.4 Å². The predicted molar refractivity (Wildman–Crippen MR) is 153 cm³/mol. The molecular formula is C30H50FN5O2S. The van der Waals surface area contributed by atoms with Gasteiger partial charge in [-0.15, -0.1) is 0 Å². The lowest BCUT2D eigenvalue weighted by atomic mass is 9.60. The van der Waals surface area contributed by atoms with Gasteiger partial charge in [0.2, 0.25) is 10.0 Å². The summed E-state index contributed by atoms with van der Waals surface area (Å²) in [6.45, 7) is 3.96. The first-order valence-corrected chi connectivity index (χ1v) is 17.2. The van der Waals surface area contributed by atoms with Gasteiger partial charge in [-0.2, -0.15) is 9.40 Å². The van der Waals surface area contributed by atoms with Crippen LogP contribution in [0.4, 0.5) is 4.39 Å². The Morgan fingerprint density at radius 2 is 1.90 bits per heavy atom. The molecule has 4 atom stereocenters. The van der Waals surface area contributed by atoms with Crippen molar-refractivity contribution in [2.45, 2.75) is 133 Å². The zero-order valence-electron chi connectivity index (χ0n) is 23.9. The van der Waals surface area contributed by atoms with Crippen molar-refractivity contribution < 1.29 is 12.8 Å². The van der Waals surface area contributed by atoms with Gasteiger partial charge in [-0.25, -0.2) is 12.8 Å². The highest BCUT2D eigenvalue weighted by atomic mass is 32.2. The van der Waals surface area contributed by atoms with Crippen molar-refractivity contribution in [1.29, 1.82) is 5.41 Å². The third-order valence-electron chi connectivity index (χ3n) is 10.6. The molecule has 2 N–H and O–H groups in total. The van der Waals surface area contributed by atoms with Gasteiger partial charge in [0.05, 0.1) is 6.20 Å². The molecule has 0 bridgehead atoms. The third kappa shape index (κ3) is 6.61. The van der Waals surface area contributed by atoms with E-state index in [1.807, 2.05) is 0 Å². The standard InChI is InChI=1S/C30H50FN5O2S/c1-2-15-35-21-28(20-33-35)39(37,38)36-16-14-30(22-36,18-23-6-4-3-5-7-23)25-8-13-29(24(17-25)19-32)34-27-11-9-26(31)10-12-27/h19-21,23-27,29,32,34H,2-18,22H2,1H3. The fraction of sp³-hybridized carbons (Fsp3) is 0.867. The minimum atomic E-state index is -3.58. The van der Waals surface area contributed by atoms with E-state index in [2.05, 4.69) is 17.3 Å². The molecule has 0 aromatic carbocycles. The van der Waals surface area contributed by atoms with Crippen LogP contribution in [0.5, 0.6) is 0 Å². The Bertz CT molecular complexity index is 1050. The van der Waals surface area contributed by atoms with Crippen molar-refractivity contribution in [3.8, 4) is 0 Å². The highest BCUT2D eigenvalue weighted by molar-refractivity contribution is 7.89. The van der Waals surface area contributed by atoms with Gasteiger partial charge >= 0.3 is 0 Å². The van der Waals surface area contributed by atoms with Crippen LogP contribution in [0, 0.1) is 28.6 Å². The molecule has 0 spiro atoms. The molecule has 220 valence electrons. The normalized spacial score (nSPS) is 35.3. The van der Waals surface area contributed by atoms with Crippen molar-refractivity contribution in [2.24, 2.45) is 23.2 Å². The largest absolute Gasteiger partial charge is 0.313 e. The summed E-state index contributed by atoms with van der Waals surface area (Å²) in [4.78, 5) is 0.317. The Balaban J connectivity index is 1.31. The molecule has 4 unspecified atom stereocenters. The average Bonchev–Trinajstić information content (AvgIpc) is 3.60. The summed E-state index contributed by atoms with van der Waals surface area (Å²) in [5.74, 6) is 1.26. The molecule has 39 heavy (non-hydrogen) atoms. The summed E-state index contributed by atoms with van der Waals surface area (Å²) in [5.41, 5.74) is -0.0208. The number of rotatable bonds is 10. The summed E-state index contributed by atoms with van der Waals surface area (Å²) in [7, 11) is -3.58. The van der Waals surface area contributed by atoms with E-state index in [4.69, 9.17) is 5.41 Å². The van der Waals surface area contributed by atoms with Gasteiger partial charge in [0, 0.05) is 43.8 Å². The Labute approximate surface area is 235 Å². The molecule has 4 aliphatic rings. The van der Waals surface area contributed by atoms with Gasteiger partial charge in [0.15, 0.2) is 0 Å². The second kappa shape index (κ2) is 12.7. The number of nitrogens with zero attached hydrogens (tertiary/aromatic N) is 3. The molecule has 0 amide bonds. The van der Waals surface area contributed by atoms with E-state index in [-0.39, 0.29) is 17.4 Å². The van der Waals surface area contributed by atoms with Crippen LogP contribution in [0.15, 0.2) is 17.3 Å². The Kier molecular flexibility index (Phi) is 9.49. The Morgan fingerprint density at radius 3 is 2.62 bits per heavy atom. The van der Waals surface area contributed by atoms with Crippen LogP contribution >= 0.6 is 0 Å². The van der Waals surface area contributed by atoms with Crippen molar-refractivity contribution in [3.63, 3.8) is 0 Å². The topological polar surface area (TPSA) is 91.1 Å². The summed E-state index contributed by atoms with van der Waals surface area (Å²) in [5, 5.41) is 16.4. The summed E-state index contributed by atoms with van der Waals surface area (Å²) in [6, 6.07) is 0.634. The highest BCUT2D eigenvalue weighted by Crippen LogP contribution is 2.52. The molecule has 9 heteroatoms. The summed E-state index contributed by atoms with van der Waals surface area (Å²) in [6.07, 6.45) is 19.7. The van der Waals surface area contributed by atoms with E-state index in [0.29, 0.717) is 48.7 Å². The molecular weight excluding hydrogens is 513 g/mol. The molecule has 5 rings (SSSR count). The van der Waals surface area contributed by atoms with Gasteiger partial charge in [-0.1, -0.05) is 39.0 Å². The van der Waals surface area contributed by atoms with Crippen LogP contribution in [0.3, 0.4) is 0 Å². The van der Waals surface area contributed by atoms with E-state index >= 15 is 0 Å². The van der Waals surface area contributed by atoms with Crippen LogP contribution in [-0.2, 0) is 16.6 Å². The van der Waals surface area contributed by atoms with E-state index in [9.17, 15) is 12.8 Å². The number of aryl methyl sites for hydroxylation is 1. The average molecular weight is 564 g/mol. The lowest BCUT2D eigenvalue weighted by Crippen LogP contribution is -2.50. The molecule has 4 fully saturated rings. The molecule has 3 saturated carbocycles. The van der Waals surface area contributed by atoms with Crippen molar-refractivity contribution in [2.75, 3.05) is 13.1 Å². The van der Waals surface area contributed by atoms with Crippen LogP contribution in [-0.4, -0.2) is 60.1 Å². The molecule has 2 heterocycles. The fourth-order valence-electron chi connectivity index (χ4n) is 8.35. The van der Waals surface area contributed by atoms with E-state index in [1.165, 1.54) is 38.3 Å². The maximum absolute atomic E-state index is 13.7. The smallest absolute Gasteiger partial charge is 0.246 e. The van der Waals surface area contributed by atoms with Crippen molar-refractivity contribution in [1.82, 2.24) is 19.4 Å². The summed E-state index contributed by atoms with van der Waals surface area (Å²) < 4.78 is 44.6. The first kappa shape index (κ1) is 29.2. The Morgan fingerprint density at radius 1 is 1.13 bits per heavy atom. The first-order valence-electron chi connectivity index (χ1n) is 15.8. The molecule has 0 radical (unpaired) electrons. The monoisotopic (exact) mass is 563 g/mol. The fourth-order valence-corrected chi connectivity index (χ4v) is 9.84. The highest BCUT2D eigenvalue weighted by Gasteiger charge is 2.50. The summed E-state index contributed by atoms with van der Waals surface area (Å²) >= 11 is 0. The van der Waals surface area contributed by atoms with E-state index in [1.54, 1.807) is 21.4 Å². The zero-order chi connectivity index (χ0) is 27.5.